The van der Waals surface area contributed by atoms with E-state index < -0.39 is 47.4 Å². The van der Waals surface area contributed by atoms with Crippen molar-refractivity contribution in [2.24, 2.45) is 0 Å². The number of carboxylic acid groups (broad SMARTS) is 1. The molecule has 3 rings (SSSR count). The summed E-state index contributed by atoms with van der Waals surface area (Å²) in [6.07, 6.45) is -5.66. The Morgan fingerprint density at radius 1 is 1.09 bits per heavy atom. The third-order valence-corrected chi connectivity index (χ3v) is 6.05. The van der Waals surface area contributed by atoms with Gasteiger partial charge in [-0.1, -0.05) is 18.2 Å². The van der Waals surface area contributed by atoms with Gasteiger partial charge in [-0.2, -0.15) is 10.5 Å². The van der Waals surface area contributed by atoms with Gasteiger partial charge in [0, 0.05) is 5.10 Å². The first-order valence-corrected chi connectivity index (χ1v) is 10.6. The molecule has 11 heteroatoms. The molecule has 1 saturated heterocycles. The molecule has 2 aromatic rings. The minimum Gasteiger partial charge on any atom is -0.547 e. The predicted octanol–water partition coefficient (Wildman–Crippen LogP) is -1.45. The molecule has 0 bridgehead atoms. The third kappa shape index (κ3) is 4.79. The highest BCUT2D eigenvalue weighted by molar-refractivity contribution is 5.71. The van der Waals surface area contributed by atoms with Gasteiger partial charge in [0.15, 0.2) is 0 Å². The van der Waals surface area contributed by atoms with Crippen molar-refractivity contribution >= 4 is 5.97 Å². The van der Waals surface area contributed by atoms with Gasteiger partial charge in [-0.15, -0.1) is 4.68 Å². The Bertz CT molecular complexity index is 1120. The summed E-state index contributed by atoms with van der Waals surface area (Å²) in [4.78, 5) is 11.3. The highest BCUT2D eigenvalue weighted by Crippen LogP contribution is 2.31. The number of hydrogen-bond acceptors (Lipinski definition) is 9. The molecular weight excluding hydrogens is 442 g/mol. The lowest BCUT2D eigenvalue weighted by atomic mass is 9.79. The molecule has 0 amide bonds. The van der Waals surface area contributed by atoms with Crippen LogP contribution >= 0.6 is 0 Å². The third-order valence-electron chi connectivity index (χ3n) is 6.05. The number of benzene rings is 1. The molecule has 0 unspecified atom stereocenters. The second kappa shape index (κ2) is 9.12. The quantitative estimate of drug-likeness (QED) is 0.427. The summed E-state index contributed by atoms with van der Waals surface area (Å²) in [5.41, 5.74) is 0.660. The number of hydrogen-bond donors (Lipinski definition) is 3. The standard InChI is InChI=1S/C23H27N5O6/c1-22(2,9-24)14-5-13(6-15(7-14)23(3,4)10-25)8-28-12-27(11-26-28)20-18(31)16(29)17(30)19(34-20)21(32)33/h5-7,11-12,16-20,29-31H,8H2,1-4H3/t16-,17-,18+,19-,20+/m0/s1. The van der Waals surface area contributed by atoms with E-state index in [0.717, 1.165) is 16.7 Å². The largest absolute Gasteiger partial charge is 0.547 e. The van der Waals surface area contributed by atoms with Gasteiger partial charge in [0.25, 0.3) is 6.33 Å². The number of aromatic nitrogens is 3. The van der Waals surface area contributed by atoms with E-state index in [9.17, 15) is 35.7 Å². The van der Waals surface area contributed by atoms with Gasteiger partial charge in [0.1, 0.15) is 31.0 Å². The van der Waals surface area contributed by atoms with Crippen molar-refractivity contribution in [1.82, 2.24) is 9.78 Å². The number of rotatable bonds is 6. The number of carbonyl (C=O) groups excluding carboxylic acids is 1. The van der Waals surface area contributed by atoms with Crippen molar-refractivity contribution in [2.75, 3.05) is 0 Å². The molecule has 5 atom stereocenters. The SMILES string of the molecule is CC(C)(C#N)c1cc(Cn2c[n+]([C@@H]3O[C@H](C(=O)[O-])[C@@H](O)[C@H](O)[C@H]3O)cn2)cc(C(C)(C)C#N)c1. The van der Waals surface area contributed by atoms with Crippen molar-refractivity contribution in [3.8, 4) is 12.1 Å². The minimum atomic E-state index is -1.85. The van der Waals surface area contributed by atoms with E-state index in [4.69, 9.17) is 4.74 Å². The molecule has 1 aromatic carbocycles. The molecule has 0 spiro atoms. The number of carboxylic acids is 1. The monoisotopic (exact) mass is 469 g/mol. The molecule has 3 N–H and O–H groups in total. The molecule has 1 aromatic heterocycles. The predicted molar refractivity (Wildman–Crippen MR) is 112 cm³/mol. The van der Waals surface area contributed by atoms with Crippen LogP contribution < -0.4 is 9.67 Å². The van der Waals surface area contributed by atoms with Crippen LogP contribution in [0.3, 0.4) is 0 Å². The Morgan fingerprint density at radius 3 is 2.15 bits per heavy atom. The summed E-state index contributed by atoms with van der Waals surface area (Å²) < 4.78 is 8.03. The van der Waals surface area contributed by atoms with Gasteiger partial charge in [0.05, 0.1) is 28.9 Å². The van der Waals surface area contributed by atoms with Gasteiger partial charge in [0.2, 0.25) is 12.6 Å². The molecule has 1 fully saturated rings. The topological polar surface area (TPSA) is 179 Å². The van der Waals surface area contributed by atoms with Gasteiger partial charge < -0.3 is 30.0 Å². The molecule has 0 aliphatic carbocycles. The Balaban J connectivity index is 1.93. The molecule has 180 valence electrons. The molecule has 34 heavy (non-hydrogen) atoms. The summed E-state index contributed by atoms with van der Waals surface area (Å²) in [7, 11) is 0. The maximum atomic E-state index is 11.3. The fourth-order valence-electron chi connectivity index (χ4n) is 3.68. The second-order valence-electron chi connectivity index (χ2n) is 9.52. The van der Waals surface area contributed by atoms with Gasteiger partial charge in [-0.3, -0.25) is 0 Å². The summed E-state index contributed by atoms with van der Waals surface area (Å²) in [6.45, 7) is 7.37. The normalized spacial score (nSPS) is 25.4. The van der Waals surface area contributed by atoms with Crippen LogP contribution in [0.15, 0.2) is 30.9 Å². The summed E-state index contributed by atoms with van der Waals surface area (Å²) in [5, 5.41) is 64.8. The highest BCUT2D eigenvalue weighted by atomic mass is 16.6. The zero-order valence-electron chi connectivity index (χ0n) is 19.3. The van der Waals surface area contributed by atoms with Crippen molar-refractivity contribution < 1.29 is 34.5 Å². The smallest absolute Gasteiger partial charge is 0.267 e. The molecule has 0 saturated carbocycles. The first kappa shape index (κ1) is 25.3. The van der Waals surface area contributed by atoms with Gasteiger partial charge >= 0.3 is 0 Å². The molecule has 2 heterocycles. The van der Waals surface area contributed by atoms with E-state index in [1.807, 2.05) is 18.2 Å². The van der Waals surface area contributed by atoms with Crippen LogP contribution in [0.4, 0.5) is 0 Å². The lowest BCUT2D eigenvalue weighted by molar-refractivity contribution is -0.778. The summed E-state index contributed by atoms with van der Waals surface area (Å²) >= 11 is 0. The summed E-state index contributed by atoms with van der Waals surface area (Å²) in [5.74, 6) is -1.72. The lowest BCUT2D eigenvalue weighted by Crippen LogP contribution is -2.64. The van der Waals surface area contributed by atoms with Crippen molar-refractivity contribution in [3.63, 3.8) is 0 Å². The Kier molecular flexibility index (Phi) is 6.78. The number of aliphatic hydroxyl groups is 3. The van der Waals surface area contributed by atoms with Crippen LogP contribution in [0.25, 0.3) is 0 Å². The first-order valence-electron chi connectivity index (χ1n) is 10.6. The average Bonchev–Trinajstić information content (AvgIpc) is 3.25. The van der Waals surface area contributed by atoms with E-state index in [1.165, 1.54) is 21.9 Å². The van der Waals surface area contributed by atoms with Crippen molar-refractivity contribution in [1.29, 1.82) is 10.5 Å². The Hall–Kier alpha value is -3.35. The fourth-order valence-corrected chi connectivity index (χ4v) is 3.68. The van der Waals surface area contributed by atoms with Crippen LogP contribution in [0.2, 0.25) is 0 Å². The number of carbonyl (C=O) groups is 1. The number of aliphatic carboxylic acids is 1. The van der Waals surface area contributed by atoms with E-state index in [0.29, 0.717) is 0 Å². The van der Waals surface area contributed by atoms with Gasteiger partial charge in [-0.05, 0) is 44.4 Å². The van der Waals surface area contributed by atoms with Gasteiger partial charge in [-0.25, -0.2) is 4.57 Å². The van der Waals surface area contributed by atoms with Crippen LogP contribution in [0.5, 0.6) is 0 Å². The second-order valence-corrected chi connectivity index (χ2v) is 9.52. The first-order chi connectivity index (χ1) is 15.8. The Morgan fingerprint density at radius 2 is 1.65 bits per heavy atom. The molecular formula is C23H27N5O6. The number of nitrogens with zero attached hydrogens (tertiary/aromatic N) is 5. The molecule has 11 nitrogen and oxygen atoms in total. The van der Waals surface area contributed by atoms with E-state index >= 15 is 0 Å². The summed E-state index contributed by atoms with van der Waals surface area (Å²) in [6, 6.07) is 10.1. The van der Waals surface area contributed by atoms with E-state index in [2.05, 4.69) is 17.2 Å². The van der Waals surface area contributed by atoms with E-state index in [-0.39, 0.29) is 6.54 Å². The molecule has 1 aliphatic rings. The zero-order valence-corrected chi connectivity index (χ0v) is 19.3. The minimum absolute atomic E-state index is 0.231. The maximum absolute atomic E-state index is 11.3. The van der Waals surface area contributed by atoms with E-state index in [1.54, 1.807) is 27.7 Å². The van der Waals surface area contributed by atoms with Crippen molar-refractivity contribution in [2.45, 2.75) is 75.7 Å². The Labute approximate surface area is 196 Å². The maximum Gasteiger partial charge on any atom is 0.267 e. The van der Waals surface area contributed by atoms with Crippen LogP contribution in [-0.4, -0.2) is 55.5 Å². The highest BCUT2D eigenvalue weighted by Gasteiger charge is 2.46. The molecule has 0 radical (unpaired) electrons. The van der Waals surface area contributed by atoms with Crippen LogP contribution in [0.1, 0.15) is 50.6 Å². The zero-order chi connectivity index (χ0) is 25.4. The van der Waals surface area contributed by atoms with Crippen molar-refractivity contribution in [3.05, 3.63) is 47.5 Å². The number of aliphatic hydroxyl groups excluding tert-OH is 3. The number of ether oxygens (including phenoxy) is 1. The molecule has 1 aliphatic heterocycles. The fraction of sp³-hybridized carbons (Fsp3) is 0.522. The average molecular weight is 469 g/mol. The van der Waals surface area contributed by atoms with Crippen LogP contribution in [-0.2, 0) is 26.9 Å². The number of nitriles is 2. The van der Waals surface area contributed by atoms with Crippen LogP contribution in [0, 0.1) is 22.7 Å². The lowest BCUT2D eigenvalue weighted by Gasteiger charge is -2.39.